The van der Waals surface area contributed by atoms with Gasteiger partial charge in [0.2, 0.25) is 0 Å². The van der Waals surface area contributed by atoms with Gasteiger partial charge in [-0.15, -0.1) is 24.0 Å². The van der Waals surface area contributed by atoms with Gasteiger partial charge in [-0.1, -0.05) is 37.6 Å². The van der Waals surface area contributed by atoms with Crippen LogP contribution in [-0.4, -0.2) is 19.0 Å². The summed E-state index contributed by atoms with van der Waals surface area (Å²) < 4.78 is 0. The van der Waals surface area contributed by atoms with Gasteiger partial charge in [-0.25, -0.2) is 0 Å². The second kappa shape index (κ2) is 7.50. The SMILES string of the molecule is CC(C)CNC(N)=NCC1(c2cccc(Cl)c2)CC1.I. The molecule has 0 saturated heterocycles. The zero-order chi connectivity index (χ0) is 13.9. The fraction of sp³-hybridized carbons (Fsp3) is 0.533. The van der Waals surface area contributed by atoms with Crippen LogP contribution in [0.15, 0.2) is 29.3 Å². The zero-order valence-electron chi connectivity index (χ0n) is 12.0. The van der Waals surface area contributed by atoms with Crippen molar-refractivity contribution in [1.29, 1.82) is 0 Å². The third-order valence-corrected chi connectivity index (χ3v) is 3.77. The van der Waals surface area contributed by atoms with Gasteiger partial charge in [0.15, 0.2) is 5.96 Å². The van der Waals surface area contributed by atoms with Crippen LogP contribution in [0.3, 0.4) is 0 Å². The van der Waals surface area contributed by atoms with Crippen LogP contribution in [0, 0.1) is 5.92 Å². The van der Waals surface area contributed by atoms with Gasteiger partial charge in [0.05, 0.1) is 6.54 Å². The molecule has 0 radical (unpaired) electrons. The van der Waals surface area contributed by atoms with Crippen LogP contribution in [0.1, 0.15) is 32.3 Å². The summed E-state index contributed by atoms with van der Waals surface area (Å²) in [5, 5.41) is 3.94. The Kier molecular flexibility index (Phi) is 6.58. The molecular formula is C15H23ClIN3. The molecule has 1 aliphatic carbocycles. The van der Waals surface area contributed by atoms with Gasteiger partial charge in [0, 0.05) is 17.0 Å². The predicted octanol–water partition coefficient (Wildman–Crippen LogP) is 3.55. The van der Waals surface area contributed by atoms with Gasteiger partial charge in [0.25, 0.3) is 0 Å². The van der Waals surface area contributed by atoms with E-state index in [0.717, 1.165) is 31.0 Å². The number of halogens is 2. The third kappa shape index (κ3) is 4.81. The summed E-state index contributed by atoms with van der Waals surface area (Å²) in [4.78, 5) is 4.48. The Labute approximate surface area is 143 Å². The standard InChI is InChI=1S/C15H22ClN3.HI/c1-11(2)9-18-14(17)19-10-15(6-7-15)12-4-3-5-13(16)8-12;/h3-5,8,11H,6-7,9-10H2,1-2H3,(H3,17,18,19);1H. The number of nitrogens with two attached hydrogens (primary N) is 1. The maximum absolute atomic E-state index is 6.05. The molecule has 1 aliphatic rings. The Morgan fingerprint density at radius 1 is 1.45 bits per heavy atom. The number of rotatable bonds is 5. The third-order valence-electron chi connectivity index (χ3n) is 3.53. The van der Waals surface area contributed by atoms with Crippen molar-refractivity contribution < 1.29 is 0 Å². The highest BCUT2D eigenvalue weighted by Gasteiger charge is 2.44. The number of nitrogens with one attached hydrogen (secondary N) is 1. The van der Waals surface area contributed by atoms with E-state index in [1.165, 1.54) is 5.56 Å². The molecule has 5 heteroatoms. The van der Waals surface area contributed by atoms with Gasteiger partial charge >= 0.3 is 0 Å². The van der Waals surface area contributed by atoms with Gasteiger partial charge in [-0.3, -0.25) is 4.99 Å². The Hall–Kier alpha value is -0.490. The molecule has 2 rings (SSSR count). The first-order valence-electron chi connectivity index (χ1n) is 6.82. The van der Waals surface area contributed by atoms with Crippen molar-refractivity contribution >= 4 is 41.5 Å². The van der Waals surface area contributed by atoms with Crippen LogP contribution in [-0.2, 0) is 5.41 Å². The Morgan fingerprint density at radius 3 is 2.70 bits per heavy atom. The molecule has 1 fully saturated rings. The molecule has 0 atom stereocenters. The second-order valence-corrected chi connectivity index (χ2v) is 6.20. The Balaban J connectivity index is 0.00000200. The lowest BCUT2D eigenvalue weighted by molar-refractivity contribution is 0.619. The molecule has 20 heavy (non-hydrogen) atoms. The lowest BCUT2D eigenvalue weighted by Gasteiger charge is -2.14. The van der Waals surface area contributed by atoms with E-state index in [1.54, 1.807) is 0 Å². The highest BCUT2D eigenvalue weighted by molar-refractivity contribution is 14.0. The number of nitrogens with zero attached hydrogens (tertiary/aromatic N) is 1. The fourth-order valence-corrected chi connectivity index (χ4v) is 2.30. The lowest BCUT2D eigenvalue weighted by atomic mass is 9.96. The minimum Gasteiger partial charge on any atom is -0.370 e. The average molecular weight is 408 g/mol. The van der Waals surface area contributed by atoms with Gasteiger partial charge in [-0.2, -0.15) is 0 Å². The van der Waals surface area contributed by atoms with Gasteiger partial charge in [0.1, 0.15) is 0 Å². The molecule has 0 unspecified atom stereocenters. The first-order chi connectivity index (χ1) is 9.02. The first-order valence-corrected chi connectivity index (χ1v) is 7.19. The number of guanidine groups is 1. The van der Waals surface area contributed by atoms with E-state index >= 15 is 0 Å². The molecule has 0 spiro atoms. The van der Waals surface area contributed by atoms with Crippen LogP contribution in [0.4, 0.5) is 0 Å². The van der Waals surface area contributed by atoms with Crippen LogP contribution in [0.2, 0.25) is 5.02 Å². The molecule has 3 N–H and O–H groups in total. The van der Waals surface area contributed by atoms with Gasteiger partial charge in [-0.05, 0) is 36.5 Å². The Bertz CT molecular complexity index is 470. The molecule has 3 nitrogen and oxygen atoms in total. The highest BCUT2D eigenvalue weighted by atomic mass is 127. The van der Waals surface area contributed by atoms with Crippen molar-refractivity contribution in [2.75, 3.05) is 13.1 Å². The molecule has 1 saturated carbocycles. The minimum absolute atomic E-state index is 0. The average Bonchev–Trinajstić information content (AvgIpc) is 3.15. The highest BCUT2D eigenvalue weighted by Crippen LogP contribution is 2.48. The maximum atomic E-state index is 6.05. The van der Waals surface area contributed by atoms with Gasteiger partial charge < -0.3 is 11.1 Å². The maximum Gasteiger partial charge on any atom is 0.188 e. The summed E-state index contributed by atoms with van der Waals surface area (Å²) in [6.07, 6.45) is 2.32. The van der Waals surface area contributed by atoms with E-state index in [-0.39, 0.29) is 29.4 Å². The van der Waals surface area contributed by atoms with Crippen LogP contribution < -0.4 is 11.1 Å². The molecule has 0 heterocycles. The number of hydrogen-bond acceptors (Lipinski definition) is 1. The zero-order valence-corrected chi connectivity index (χ0v) is 15.1. The van der Waals surface area contributed by atoms with Crippen molar-refractivity contribution in [1.82, 2.24) is 5.32 Å². The molecular weight excluding hydrogens is 385 g/mol. The topological polar surface area (TPSA) is 50.4 Å². The second-order valence-electron chi connectivity index (χ2n) is 5.77. The normalized spacial score (nSPS) is 16.7. The largest absolute Gasteiger partial charge is 0.370 e. The number of hydrogen-bond donors (Lipinski definition) is 2. The van der Waals surface area contributed by atoms with E-state index in [1.807, 2.05) is 18.2 Å². The summed E-state index contributed by atoms with van der Waals surface area (Å²) in [6, 6.07) is 8.08. The summed E-state index contributed by atoms with van der Waals surface area (Å²) >= 11 is 6.05. The van der Waals surface area contributed by atoms with Crippen molar-refractivity contribution in [2.24, 2.45) is 16.6 Å². The number of aliphatic imine (C=N–C) groups is 1. The van der Waals surface area contributed by atoms with Crippen molar-refractivity contribution in [3.05, 3.63) is 34.9 Å². The van der Waals surface area contributed by atoms with Crippen LogP contribution >= 0.6 is 35.6 Å². The molecule has 0 aliphatic heterocycles. The van der Waals surface area contributed by atoms with E-state index < -0.39 is 0 Å². The molecule has 112 valence electrons. The van der Waals surface area contributed by atoms with Crippen LogP contribution in [0.5, 0.6) is 0 Å². The molecule has 1 aromatic carbocycles. The summed E-state index contributed by atoms with van der Waals surface area (Å²) in [5.41, 5.74) is 7.32. The lowest BCUT2D eigenvalue weighted by Crippen LogP contribution is -2.35. The van der Waals surface area contributed by atoms with Crippen LogP contribution in [0.25, 0.3) is 0 Å². The molecule has 0 aromatic heterocycles. The van der Waals surface area contributed by atoms with E-state index in [4.69, 9.17) is 17.3 Å². The molecule has 1 aromatic rings. The monoisotopic (exact) mass is 407 g/mol. The van der Waals surface area contributed by atoms with E-state index in [0.29, 0.717) is 11.9 Å². The predicted molar refractivity (Wildman–Crippen MR) is 97.1 cm³/mol. The number of benzene rings is 1. The summed E-state index contributed by atoms with van der Waals surface area (Å²) in [5.74, 6) is 1.11. The molecule has 0 amide bonds. The Morgan fingerprint density at radius 2 is 2.15 bits per heavy atom. The van der Waals surface area contributed by atoms with E-state index in [9.17, 15) is 0 Å². The smallest absolute Gasteiger partial charge is 0.188 e. The fourth-order valence-electron chi connectivity index (χ4n) is 2.11. The summed E-state index contributed by atoms with van der Waals surface area (Å²) in [6.45, 7) is 5.90. The first kappa shape index (κ1) is 17.6. The van der Waals surface area contributed by atoms with Crippen molar-refractivity contribution in [3.63, 3.8) is 0 Å². The molecule has 0 bridgehead atoms. The summed E-state index contributed by atoms with van der Waals surface area (Å²) in [7, 11) is 0. The van der Waals surface area contributed by atoms with E-state index in [2.05, 4.69) is 30.2 Å². The van der Waals surface area contributed by atoms with Crippen molar-refractivity contribution in [3.8, 4) is 0 Å². The quantitative estimate of drug-likeness (QED) is 0.445. The van der Waals surface area contributed by atoms with Crippen molar-refractivity contribution in [2.45, 2.75) is 32.1 Å². The minimum atomic E-state index is 0.